The van der Waals surface area contributed by atoms with E-state index < -0.39 is 0 Å². The van der Waals surface area contributed by atoms with Crippen LogP contribution in [0, 0.1) is 0 Å². The first-order chi connectivity index (χ1) is 9.25. The summed E-state index contributed by atoms with van der Waals surface area (Å²) < 4.78 is 0. The van der Waals surface area contributed by atoms with E-state index in [4.69, 9.17) is 17.3 Å². The van der Waals surface area contributed by atoms with Gasteiger partial charge in [-0.15, -0.1) is 11.3 Å². The molecule has 1 fully saturated rings. The predicted octanol–water partition coefficient (Wildman–Crippen LogP) is 2.71. The van der Waals surface area contributed by atoms with Gasteiger partial charge in [0.25, 0.3) is 0 Å². The summed E-state index contributed by atoms with van der Waals surface area (Å²) >= 11 is 7.76. The van der Waals surface area contributed by atoms with Crippen molar-refractivity contribution in [1.29, 1.82) is 0 Å². The Morgan fingerprint density at radius 3 is 2.58 bits per heavy atom. The zero-order chi connectivity index (χ0) is 13.2. The van der Waals surface area contributed by atoms with Crippen LogP contribution in [0.1, 0.15) is 0 Å². The second-order valence-corrected chi connectivity index (χ2v) is 5.74. The first-order valence-corrected chi connectivity index (χ1v) is 7.45. The van der Waals surface area contributed by atoms with Crippen molar-refractivity contribution in [1.82, 2.24) is 4.98 Å². The molecule has 100 valence electrons. The summed E-state index contributed by atoms with van der Waals surface area (Å²) in [5.74, 6) is 0. The van der Waals surface area contributed by atoms with Crippen molar-refractivity contribution in [3.05, 3.63) is 34.8 Å². The van der Waals surface area contributed by atoms with Crippen LogP contribution in [0.25, 0.3) is 0 Å². The average Bonchev–Trinajstić information content (AvgIpc) is 2.96. The van der Waals surface area contributed by atoms with Gasteiger partial charge in [0.15, 0.2) is 5.13 Å². The highest BCUT2D eigenvalue weighted by Crippen LogP contribution is 2.31. The molecule has 1 aliphatic rings. The molecule has 0 radical (unpaired) electrons. The maximum Gasteiger partial charge on any atom is 0.185 e. The fraction of sp³-hybridized carbons (Fsp3) is 0.308. The molecule has 0 unspecified atom stereocenters. The summed E-state index contributed by atoms with van der Waals surface area (Å²) in [6.07, 6.45) is 1.85. The molecule has 4 nitrogen and oxygen atoms in total. The summed E-state index contributed by atoms with van der Waals surface area (Å²) in [5.41, 5.74) is 7.75. The topological polar surface area (TPSA) is 45.4 Å². The number of nitrogen functional groups attached to an aromatic ring is 1. The van der Waals surface area contributed by atoms with Crippen LogP contribution >= 0.6 is 22.9 Å². The van der Waals surface area contributed by atoms with Crippen molar-refractivity contribution < 1.29 is 0 Å². The molecule has 0 aliphatic carbocycles. The lowest BCUT2D eigenvalue weighted by molar-refractivity contribution is 0.653. The monoisotopic (exact) mass is 294 g/mol. The maximum absolute atomic E-state index is 6.07. The van der Waals surface area contributed by atoms with E-state index in [-0.39, 0.29) is 0 Å². The minimum absolute atomic E-state index is 0.625. The summed E-state index contributed by atoms with van der Waals surface area (Å²) in [6, 6.07) is 5.80. The molecule has 0 amide bonds. The minimum Gasteiger partial charge on any atom is -0.396 e. The van der Waals surface area contributed by atoms with Gasteiger partial charge in [0.1, 0.15) is 0 Å². The van der Waals surface area contributed by atoms with Gasteiger partial charge in [0, 0.05) is 37.8 Å². The minimum atomic E-state index is 0.625. The number of halogens is 1. The van der Waals surface area contributed by atoms with Gasteiger partial charge in [-0.1, -0.05) is 17.7 Å². The number of rotatable bonds is 2. The van der Waals surface area contributed by atoms with Crippen LogP contribution in [0.3, 0.4) is 0 Å². The quantitative estimate of drug-likeness (QED) is 0.865. The third-order valence-electron chi connectivity index (χ3n) is 3.34. The number of nitrogens with two attached hydrogens (primary N) is 1. The molecule has 19 heavy (non-hydrogen) atoms. The van der Waals surface area contributed by atoms with Gasteiger partial charge in [-0.05, 0) is 12.1 Å². The zero-order valence-corrected chi connectivity index (χ0v) is 12.0. The third kappa shape index (κ3) is 2.48. The van der Waals surface area contributed by atoms with E-state index >= 15 is 0 Å². The van der Waals surface area contributed by atoms with Crippen molar-refractivity contribution >= 4 is 39.4 Å². The van der Waals surface area contributed by atoms with Gasteiger partial charge in [0.2, 0.25) is 0 Å². The molecule has 6 heteroatoms. The van der Waals surface area contributed by atoms with Crippen LogP contribution in [0.5, 0.6) is 0 Å². The Labute approximate surface area is 121 Å². The molecular formula is C13H15ClN4S. The second-order valence-electron chi connectivity index (χ2n) is 4.46. The molecule has 2 heterocycles. The van der Waals surface area contributed by atoms with E-state index in [9.17, 15) is 0 Å². The Balaban J connectivity index is 1.72. The highest BCUT2D eigenvalue weighted by molar-refractivity contribution is 7.13. The number of hydrogen-bond donors (Lipinski definition) is 1. The normalized spacial score (nSPS) is 15.8. The van der Waals surface area contributed by atoms with Gasteiger partial charge in [0.05, 0.1) is 16.4 Å². The number of anilines is 3. The standard InChI is InChI=1S/C13H15ClN4S/c14-10-2-1-3-11(12(10)15)17-5-7-18(8-6-17)13-16-4-9-19-13/h1-4,9H,5-8,15H2. The molecular weight excluding hydrogens is 280 g/mol. The molecule has 0 spiro atoms. The van der Waals surface area contributed by atoms with Crippen molar-refractivity contribution in [3.8, 4) is 0 Å². The highest BCUT2D eigenvalue weighted by Gasteiger charge is 2.20. The van der Waals surface area contributed by atoms with E-state index in [1.807, 2.05) is 29.8 Å². The van der Waals surface area contributed by atoms with Crippen LogP contribution in [-0.4, -0.2) is 31.2 Å². The largest absolute Gasteiger partial charge is 0.396 e. The van der Waals surface area contributed by atoms with Crippen molar-refractivity contribution in [3.63, 3.8) is 0 Å². The average molecular weight is 295 g/mol. The fourth-order valence-corrected chi connectivity index (χ4v) is 3.18. The Hall–Kier alpha value is -1.46. The molecule has 0 bridgehead atoms. The van der Waals surface area contributed by atoms with Crippen molar-refractivity contribution in [2.45, 2.75) is 0 Å². The fourth-order valence-electron chi connectivity index (χ4n) is 2.31. The number of hydrogen-bond acceptors (Lipinski definition) is 5. The summed E-state index contributed by atoms with van der Waals surface area (Å²) in [5, 5.41) is 3.73. The lowest BCUT2D eigenvalue weighted by Crippen LogP contribution is -2.46. The molecule has 0 atom stereocenters. The van der Waals surface area contributed by atoms with Crippen LogP contribution in [0.15, 0.2) is 29.8 Å². The van der Waals surface area contributed by atoms with Gasteiger partial charge in [-0.2, -0.15) is 0 Å². The molecule has 1 aromatic carbocycles. The number of benzene rings is 1. The van der Waals surface area contributed by atoms with Gasteiger partial charge in [-0.3, -0.25) is 0 Å². The first kappa shape index (κ1) is 12.6. The van der Waals surface area contributed by atoms with E-state index in [2.05, 4.69) is 14.8 Å². The maximum atomic E-state index is 6.07. The molecule has 1 aromatic heterocycles. The van der Waals surface area contributed by atoms with Gasteiger partial charge >= 0.3 is 0 Å². The van der Waals surface area contributed by atoms with Gasteiger partial charge in [-0.25, -0.2) is 4.98 Å². The number of thiazole rings is 1. The van der Waals surface area contributed by atoms with E-state index in [0.29, 0.717) is 10.7 Å². The lowest BCUT2D eigenvalue weighted by atomic mass is 10.2. The molecule has 2 aromatic rings. The first-order valence-electron chi connectivity index (χ1n) is 6.19. The molecule has 0 saturated carbocycles. The zero-order valence-electron chi connectivity index (χ0n) is 10.4. The molecule has 2 N–H and O–H groups in total. The van der Waals surface area contributed by atoms with Gasteiger partial charge < -0.3 is 15.5 Å². The number of nitrogens with zero attached hydrogens (tertiary/aromatic N) is 3. The van der Waals surface area contributed by atoms with Crippen LogP contribution < -0.4 is 15.5 Å². The molecule has 1 saturated heterocycles. The summed E-state index contributed by atoms with van der Waals surface area (Å²) in [4.78, 5) is 8.94. The van der Waals surface area contributed by atoms with Crippen molar-refractivity contribution in [2.24, 2.45) is 0 Å². The number of aromatic nitrogens is 1. The lowest BCUT2D eigenvalue weighted by Gasteiger charge is -2.36. The molecule has 3 rings (SSSR count). The number of piperazine rings is 1. The Morgan fingerprint density at radius 2 is 1.89 bits per heavy atom. The predicted molar refractivity (Wildman–Crippen MR) is 82.4 cm³/mol. The van der Waals surface area contributed by atoms with Crippen LogP contribution in [-0.2, 0) is 0 Å². The Bertz CT molecular complexity index is 550. The summed E-state index contributed by atoms with van der Waals surface area (Å²) in [7, 11) is 0. The second kappa shape index (κ2) is 5.27. The molecule has 1 aliphatic heterocycles. The van der Waals surface area contributed by atoms with E-state index in [1.165, 1.54) is 0 Å². The third-order valence-corrected chi connectivity index (χ3v) is 4.50. The number of para-hydroxylation sites is 1. The highest BCUT2D eigenvalue weighted by atomic mass is 35.5. The Morgan fingerprint density at radius 1 is 1.16 bits per heavy atom. The van der Waals surface area contributed by atoms with Crippen LogP contribution in [0.2, 0.25) is 5.02 Å². The SMILES string of the molecule is Nc1c(Cl)cccc1N1CCN(c2nccs2)CC1. The van der Waals surface area contributed by atoms with Crippen molar-refractivity contribution in [2.75, 3.05) is 41.7 Å². The van der Waals surface area contributed by atoms with E-state index in [1.54, 1.807) is 11.3 Å². The summed E-state index contributed by atoms with van der Waals surface area (Å²) in [6.45, 7) is 3.78. The smallest absolute Gasteiger partial charge is 0.185 e. The van der Waals surface area contributed by atoms with E-state index in [0.717, 1.165) is 37.0 Å². The van der Waals surface area contributed by atoms with Crippen LogP contribution in [0.4, 0.5) is 16.5 Å². The Kier molecular flexibility index (Phi) is 3.48.